The fourth-order valence-electron chi connectivity index (χ4n) is 2.39. The lowest BCUT2D eigenvalue weighted by atomic mass is 9.98. The summed E-state index contributed by atoms with van der Waals surface area (Å²) in [5, 5.41) is 12.0. The Balaban J connectivity index is 1.64. The minimum atomic E-state index is -1.05. The molecular weight excluding hydrogens is 276 g/mol. The number of aromatic nitrogens is 3. The number of anilines is 1. The molecule has 0 amide bonds. The largest absolute Gasteiger partial charge is 0.476 e. The highest BCUT2D eigenvalue weighted by molar-refractivity contribution is 7.09. The van der Waals surface area contributed by atoms with Gasteiger partial charge in [0.25, 0.3) is 0 Å². The van der Waals surface area contributed by atoms with Crippen LogP contribution < -0.4 is 4.90 Å². The third-order valence-electron chi connectivity index (χ3n) is 3.48. The van der Waals surface area contributed by atoms with Crippen molar-refractivity contribution in [1.82, 2.24) is 15.0 Å². The molecule has 0 aromatic carbocycles. The zero-order valence-corrected chi connectivity index (χ0v) is 11.6. The Kier molecular flexibility index (Phi) is 3.60. The van der Waals surface area contributed by atoms with Crippen molar-refractivity contribution in [3.63, 3.8) is 0 Å². The number of thiazole rings is 1. The van der Waals surface area contributed by atoms with E-state index in [0.717, 1.165) is 31.7 Å². The summed E-state index contributed by atoms with van der Waals surface area (Å²) in [5.41, 5.74) is -0.0218. The smallest absolute Gasteiger partial charge is 0.356 e. The number of rotatable bonds is 3. The molecule has 7 heteroatoms. The lowest BCUT2D eigenvalue weighted by Gasteiger charge is -2.31. The molecule has 0 radical (unpaired) electrons. The molecule has 6 nitrogen and oxygen atoms in total. The molecule has 0 unspecified atom stereocenters. The van der Waals surface area contributed by atoms with E-state index in [9.17, 15) is 4.79 Å². The maximum Gasteiger partial charge on any atom is 0.356 e. The van der Waals surface area contributed by atoms with Crippen LogP contribution >= 0.6 is 11.3 Å². The number of hydrogen-bond donors (Lipinski definition) is 1. The molecule has 2 aromatic rings. The van der Waals surface area contributed by atoms with Crippen molar-refractivity contribution < 1.29 is 9.90 Å². The highest BCUT2D eigenvalue weighted by Crippen LogP contribution is 2.30. The number of carboxylic acids is 1. The Bertz CT molecular complexity index is 577. The fraction of sp³-hybridized carbons (Fsp3) is 0.385. The van der Waals surface area contributed by atoms with E-state index in [1.165, 1.54) is 17.4 Å². The zero-order chi connectivity index (χ0) is 13.9. The van der Waals surface area contributed by atoms with Crippen LogP contribution in [-0.4, -0.2) is 39.1 Å². The Morgan fingerprint density at radius 2 is 2.05 bits per heavy atom. The predicted molar refractivity (Wildman–Crippen MR) is 75.3 cm³/mol. The van der Waals surface area contributed by atoms with Gasteiger partial charge in [0.1, 0.15) is 5.82 Å². The fourth-order valence-corrected chi connectivity index (χ4v) is 3.20. The number of hydrogen-bond acceptors (Lipinski definition) is 6. The van der Waals surface area contributed by atoms with Gasteiger partial charge in [-0.3, -0.25) is 0 Å². The van der Waals surface area contributed by atoms with Gasteiger partial charge in [-0.05, 0) is 12.8 Å². The average molecular weight is 290 g/mol. The van der Waals surface area contributed by atoms with E-state index in [1.54, 1.807) is 11.3 Å². The van der Waals surface area contributed by atoms with E-state index in [4.69, 9.17) is 5.11 Å². The monoisotopic (exact) mass is 290 g/mol. The van der Waals surface area contributed by atoms with E-state index in [1.807, 2.05) is 11.6 Å². The summed E-state index contributed by atoms with van der Waals surface area (Å²) in [6, 6.07) is 0. The number of carbonyl (C=O) groups is 1. The molecule has 1 saturated heterocycles. The topological polar surface area (TPSA) is 79.2 Å². The molecule has 1 N–H and O–H groups in total. The average Bonchev–Trinajstić information content (AvgIpc) is 3.02. The summed E-state index contributed by atoms with van der Waals surface area (Å²) in [5.74, 6) is 0.219. The highest BCUT2D eigenvalue weighted by atomic mass is 32.1. The quantitative estimate of drug-likeness (QED) is 0.931. The van der Waals surface area contributed by atoms with Gasteiger partial charge in [-0.25, -0.2) is 19.7 Å². The van der Waals surface area contributed by atoms with Crippen molar-refractivity contribution in [3.05, 3.63) is 34.7 Å². The maximum absolute atomic E-state index is 10.7. The molecule has 0 saturated carbocycles. The lowest BCUT2D eigenvalue weighted by molar-refractivity contribution is 0.0690. The summed E-state index contributed by atoms with van der Waals surface area (Å²) in [6.07, 6.45) is 6.77. The minimum absolute atomic E-state index is 0.0218. The van der Waals surface area contributed by atoms with Gasteiger partial charge >= 0.3 is 5.97 Å². The first-order chi connectivity index (χ1) is 9.74. The Labute approximate surface area is 120 Å². The van der Waals surface area contributed by atoms with Gasteiger partial charge in [-0.15, -0.1) is 11.3 Å². The molecule has 20 heavy (non-hydrogen) atoms. The third-order valence-corrected chi connectivity index (χ3v) is 4.41. The van der Waals surface area contributed by atoms with Gasteiger partial charge in [0.05, 0.1) is 17.4 Å². The van der Waals surface area contributed by atoms with Crippen molar-refractivity contribution >= 4 is 23.1 Å². The standard InChI is InChI=1S/C13H14N4O2S/c18-13(19)10-7-16-11(8-15-10)17-4-1-9(2-5-17)12-14-3-6-20-12/h3,6-9H,1-2,4-5H2,(H,18,19). The van der Waals surface area contributed by atoms with Crippen LogP contribution in [0.15, 0.2) is 24.0 Å². The van der Waals surface area contributed by atoms with E-state index in [2.05, 4.69) is 19.9 Å². The molecule has 1 aliphatic rings. The predicted octanol–water partition coefficient (Wildman–Crippen LogP) is 2.02. The molecule has 2 aromatic heterocycles. The summed E-state index contributed by atoms with van der Waals surface area (Å²) < 4.78 is 0. The molecule has 3 rings (SSSR count). The van der Waals surface area contributed by atoms with Gasteiger partial charge in [0.15, 0.2) is 5.69 Å². The normalized spacial score (nSPS) is 16.3. The van der Waals surface area contributed by atoms with Crippen LogP contribution in [0.5, 0.6) is 0 Å². The number of aromatic carboxylic acids is 1. The third kappa shape index (κ3) is 2.62. The Hall–Kier alpha value is -2.02. The number of carboxylic acid groups (broad SMARTS) is 1. The van der Waals surface area contributed by atoms with E-state index in [0.29, 0.717) is 5.92 Å². The second-order valence-corrected chi connectivity index (χ2v) is 5.62. The molecule has 104 valence electrons. The summed E-state index contributed by atoms with van der Waals surface area (Å²) in [4.78, 5) is 25.3. The van der Waals surface area contributed by atoms with E-state index in [-0.39, 0.29) is 5.69 Å². The Morgan fingerprint density at radius 1 is 1.25 bits per heavy atom. The van der Waals surface area contributed by atoms with Gasteiger partial charge in [-0.1, -0.05) is 0 Å². The van der Waals surface area contributed by atoms with Crippen LogP contribution in [-0.2, 0) is 0 Å². The van der Waals surface area contributed by atoms with Crippen molar-refractivity contribution in [2.24, 2.45) is 0 Å². The van der Waals surface area contributed by atoms with Crippen molar-refractivity contribution in [2.75, 3.05) is 18.0 Å². The molecule has 1 aliphatic heterocycles. The van der Waals surface area contributed by atoms with Gasteiger partial charge in [0.2, 0.25) is 0 Å². The van der Waals surface area contributed by atoms with Gasteiger partial charge in [0, 0.05) is 30.6 Å². The van der Waals surface area contributed by atoms with Crippen molar-refractivity contribution in [1.29, 1.82) is 0 Å². The molecule has 0 aliphatic carbocycles. The molecular formula is C13H14N4O2S. The summed E-state index contributed by atoms with van der Waals surface area (Å²) in [6.45, 7) is 1.79. The second-order valence-electron chi connectivity index (χ2n) is 4.70. The molecule has 0 bridgehead atoms. The number of nitrogens with zero attached hydrogens (tertiary/aromatic N) is 4. The van der Waals surface area contributed by atoms with Crippen LogP contribution in [0.2, 0.25) is 0 Å². The zero-order valence-electron chi connectivity index (χ0n) is 10.8. The van der Waals surface area contributed by atoms with Crippen LogP contribution in [0, 0.1) is 0 Å². The van der Waals surface area contributed by atoms with Gasteiger partial charge in [-0.2, -0.15) is 0 Å². The first-order valence-corrected chi connectivity index (χ1v) is 7.31. The first-order valence-electron chi connectivity index (χ1n) is 6.43. The van der Waals surface area contributed by atoms with Crippen molar-refractivity contribution in [3.8, 4) is 0 Å². The molecule has 1 fully saturated rings. The van der Waals surface area contributed by atoms with Crippen LogP contribution in [0.4, 0.5) is 5.82 Å². The maximum atomic E-state index is 10.7. The van der Waals surface area contributed by atoms with Crippen LogP contribution in [0.3, 0.4) is 0 Å². The van der Waals surface area contributed by atoms with Crippen LogP contribution in [0.1, 0.15) is 34.3 Å². The van der Waals surface area contributed by atoms with E-state index >= 15 is 0 Å². The van der Waals surface area contributed by atoms with Gasteiger partial charge < -0.3 is 10.0 Å². The molecule has 0 spiro atoms. The Morgan fingerprint density at radius 3 is 2.60 bits per heavy atom. The highest BCUT2D eigenvalue weighted by Gasteiger charge is 2.23. The van der Waals surface area contributed by atoms with E-state index < -0.39 is 5.97 Å². The summed E-state index contributed by atoms with van der Waals surface area (Å²) >= 11 is 1.71. The second kappa shape index (κ2) is 5.54. The summed E-state index contributed by atoms with van der Waals surface area (Å²) in [7, 11) is 0. The first kappa shape index (κ1) is 13.0. The number of piperidine rings is 1. The molecule has 0 atom stereocenters. The lowest BCUT2D eigenvalue weighted by Crippen LogP contribution is -2.33. The minimum Gasteiger partial charge on any atom is -0.476 e. The van der Waals surface area contributed by atoms with Crippen LogP contribution in [0.25, 0.3) is 0 Å². The SMILES string of the molecule is O=C(O)c1cnc(N2CCC(c3nccs3)CC2)cn1. The van der Waals surface area contributed by atoms with Crippen molar-refractivity contribution in [2.45, 2.75) is 18.8 Å². The molecule has 3 heterocycles.